The lowest BCUT2D eigenvalue weighted by atomic mass is 10.0. The number of nitrogens with one attached hydrogen (secondary N) is 2. The lowest BCUT2D eigenvalue weighted by Gasteiger charge is -2.21. The summed E-state index contributed by atoms with van der Waals surface area (Å²) >= 11 is 0. The summed E-state index contributed by atoms with van der Waals surface area (Å²) in [5, 5.41) is 5.16. The predicted octanol–water partition coefficient (Wildman–Crippen LogP) is 0.204. The molecule has 0 aliphatic carbocycles. The number of amides is 2. The number of carbonyl (C=O) groups is 3. The van der Waals surface area contributed by atoms with Crippen LogP contribution in [0, 0.1) is 11.8 Å². The molecule has 0 spiro atoms. The first-order valence-corrected chi connectivity index (χ1v) is 7.00. The molecule has 0 saturated carbocycles. The smallest absolute Gasteiger partial charge is 0.242 e. The summed E-state index contributed by atoms with van der Waals surface area (Å²) < 4.78 is 0. The molecule has 0 aliphatic heterocycles. The Labute approximate surface area is 120 Å². The molecule has 6 nitrogen and oxygen atoms in total. The normalized spacial score (nSPS) is 15.6. The Kier molecular flexibility index (Phi) is 8.06. The van der Waals surface area contributed by atoms with E-state index >= 15 is 0 Å². The van der Waals surface area contributed by atoms with Crippen LogP contribution in [-0.2, 0) is 14.4 Å². The molecule has 0 fully saturated rings. The van der Waals surface area contributed by atoms with Crippen LogP contribution >= 0.6 is 0 Å². The minimum atomic E-state index is -0.720. The maximum Gasteiger partial charge on any atom is 0.242 e. The molecule has 0 aliphatic rings. The predicted molar refractivity (Wildman–Crippen MR) is 77.9 cm³/mol. The molecule has 0 radical (unpaired) electrons. The van der Waals surface area contributed by atoms with E-state index in [1.165, 1.54) is 0 Å². The summed E-state index contributed by atoms with van der Waals surface area (Å²) in [6, 6.07) is -1.90. The Morgan fingerprint density at radius 1 is 1.05 bits per heavy atom. The van der Waals surface area contributed by atoms with Crippen LogP contribution in [0.25, 0.3) is 0 Å². The van der Waals surface area contributed by atoms with Gasteiger partial charge in [-0.1, -0.05) is 27.7 Å². The second-order valence-electron chi connectivity index (χ2n) is 5.88. The van der Waals surface area contributed by atoms with Gasteiger partial charge in [0.1, 0.15) is 12.3 Å². The highest BCUT2D eigenvalue weighted by molar-refractivity contribution is 5.90. The molecule has 0 bridgehead atoms. The molecule has 0 saturated heterocycles. The zero-order valence-electron chi connectivity index (χ0n) is 13.0. The zero-order valence-corrected chi connectivity index (χ0v) is 13.0. The van der Waals surface area contributed by atoms with E-state index in [0.717, 1.165) is 0 Å². The molecule has 3 atom stereocenters. The number of hydrogen-bond donors (Lipinski definition) is 3. The van der Waals surface area contributed by atoms with Gasteiger partial charge in [-0.2, -0.15) is 0 Å². The number of carbonyl (C=O) groups excluding carboxylic acids is 3. The molecule has 20 heavy (non-hydrogen) atoms. The lowest BCUT2D eigenvalue weighted by Crippen LogP contribution is -2.53. The largest absolute Gasteiger partial charge is 0.345 e. The van der Waals surface area contributed by atoms with Crippen molar-refractivity contribution in [1.82, 2.24) is 10.6 Å². The van der Waals surface area contributed by atoms with Crippen molar-refractivity contribution in [3.05, 3.63) is 0 Å². The van der Waals surface area contributed by atoms with Crippen LogP contribution in [0.5, 0.6) is 0 Å². The quantitative estimate of drug-likeness (QED) is 0.555. The average molecular weight is 285 g/mol. The highest BCUT2D eigenvalue weighted by Crippen LogP contribution is 2.03. The molecule has 0 aromatic heterocycles. The van der Waals surface area contributed by atoms with E-state index in [0.29, 0.717) is 18.6 Å². The van der Waals surface area contributed by atoms with E-state index < -0.39 is 18.1 Å². The second kappa shape index (κ2) is 8.68. The first-order valence-electron chi connectivity index (χ1n) is 7.00. The first kappa shape index (κ1) is 18.6. The molecule has 0 aromatic rings. The summed E-state index contributed by atoms with van der Waals surface area (Å²) in [6.07, 6.45) is 1.29. The summed E-state index contributed by atoms with van der Waals surface area (Å²) in [7, 11) is 0. The van der Waals surface area contributed by atoms with Crippen molar-refractivity contribution in [2.45, 2.75) is 59.2 Å². The molecular weight excluding hydrogens is 258 g/mol. The van der Waals surface area contributed by atoms with Crippen LogP contribution in [0.1, 0.15) is 41.0 Å². The lowest BCUT2D eigenvalue weighted by molar-refractivity contribution is -0.130. The van der Waals surface area contributed by atoms with Gasteiger partial charge in [0, 0.05) is 0 Å². The molecule has 0 aromatic carbocycles. The average Bonchev–Trinajstić information content (AvgIpc) is 2.35. The van der Waals surface area contributed by atoms with Crippen LogP contribution in [-0.4, -0.2) is 36.2 Å². The van der Waals surface area contributed by atoms with Gasteiger partial charge in [-0.25, -0.2) is 0 Å². The number of aldehydes is 1. The van der Waals surface area contributed by atoms with Gasteiger partial charge >= 0.3 is 0 Å². The van der Waals surface area contributed by atoms with E-state index in [2.05, 4.69) is 10.6 Å². The van der Waals surface area contributed by atoms with Crippen LogP contribution in [0.2, 0.25) is 0 Å². The third kappa shape index (κ3) is 6.65. The van der Waals surface area contributed by atoms with Gasteiger partial charge in [-0.05, 0) is 25.2 Å². The van der Waals surface area contributed by atoms with Crippen LogP contribution in [0.3, 0.4) is 0 Å². The molecule has 4 N–H and O–H groups in total. The summed E-state index contributed by atoms with van der Waals surface area (Å²) in [6.45, 7) is 9.17. The molecule has 0 heterocycles. The molecule has 3 unspecified atom stereocenters. The maximum atomic E-state index is 11.9. The van der Waals surface area contributed by atoms with Crippen LogP contribution in [0.4, 0.5) is 0 Å². The Bertz CT molecular complexity index is 343. The van der Waals surface area contributed by atoms with Gasteiger partial charge in [-0.3, -0.25) is 9.59 Å². The van der Waals surface area contributed by atoms with E-state index in [9.17, 15) is 14.4 Å². The van der Waals surface area contributed by atoms with Crippen LogP contribution in [0.15, 0.2) is 0 Å². The van der Waals surface area contributed by atoms with Crippen molar-refractivity contribution < 1.29 is 14.4 Å². The third-order valence-electron chi connectivity index (χ3n) is 2.99. The van der Waals surface area contributed by atoms with Crippen molar-refractivity contribution in [2.24, 2.45) is 17.6 Å². The molecule has 116 valence electrons. The topological polar surface area (TPSA) is 101 Å². The Hall–Kier alpha value is -1.43. The Morgan fingerprint density at radius 2 is 1.60 bits per heavy atom. The van der Waals surface area contributed by atoms with E-state index in [1.807, 2.05) is 27.7 Å². The monoisotopic (exact) mass is 285 g/mol. The maximum absolute atomic E-state index is 11.9. The van der Waals surface area contributed by atoms with Gasteiger partial charge in [0.05, 0.1) is 12.1 Å². The highest BCUT2D eigenvalue weighted by Gasteiger charge is 2.23. The fourth-order valence-electron chi connectivity index (χ4n) is 1.64. The summed E-state index contributed by atoms with van der Waals surface area (Å²) in [5.74, 6) is -0.458. The number of hydrogen-bond acceptors (Lipinski definition) is 4. The van der Waals surface area contributed by atoms with Crippen molar-refractivity contribution in [3.8, 4) is 0 Å². The van der Waals surface area contributed by atoms with Crippen molar-refractivity contribution in [1.29, 1.82) is 0 Å². The van der Waals surface area contributed by atoms with Crippen LogP contribution < -0.4 is 16.4 Å². The minimum absolute atomic E-state index is 0.00562. The fourth-order valence-corrected chi connectivity index (χ4v) is 1.64. The number of nitrogens with two attached hydrogens (primary N) is 1. The first-order chi connectivity index (χ1) is 9.18. The molecular formula is C14H27N3O3. The van der Waals surface area contributed by atoms with E-state index in [-0.39, 0.29) is 17.7 Å². The molecule has 6 heteroatoms. The third-order valence-corrected chi connectivity index (χ3v) is 2.99. The van der Waals surface area contributed by atoms with Gasteiger partial charge in [0.15, 0.2) is 0 Å². The van der Waals surface area contributed by atoms with Crippen molar-refractivity contribution in [2.75, 3.05) is 0 Å². The van der Waals surface area contributed by atoms with Crippen molar-refractivity contribution >= 4 is 18.1 Å². The van der Waals surface area contributed by atoms with Gasteiger partial charge in [0.25, 0.3) is 0 Å². The van der Waals surface area contributed by atoms with Gasteiger partial charge in [0.2, 0.25) is 11.8 Å². The number of rotatable bonds is 8. The zero-order chi connectivity index (χ0) is 15.9. The van der Waals surface area contributed by atoms with E-state index in [1.54, 1.807) is 6.92 Å². The Balaban J connectivity index is 4.40. The second-order valence-corrected chi connectivity index (χ2v) is 5.88. The summed E-state index contributed by atoms with van der Waals surface area (Å²) in [5.41, 5.74) is 5.70. The SMILES string of the molecule is CC(C)CC(C=O)NC(=O)C(C)NC(=O)C(N)C(C)C. The van der Waals surface area contributed by atoms with E-state index in [4.69, 9.17) is 5.73 Å². The van der Waals surface area contributed by atoms with Gasteiger partial charge < -0.3 is 21.2 Å². The fraction of sp³-hybridized carbons (Fsp3) is 0.786. The highest BCUT2D eigenvalue weighted by atomic mass is 16.2. The Morgan fingerprint density at radius 3 is 2.00 bits per heavy atom. The minimum Gasteiger partial charge on any atom is -0.345 e. The standard InChI is InChI=1S/C14H27N3O3/c1-8(2)6-11(7-18)17-13(19)10(5)16-14(20)12(15)9(3)4/h7-12H,6,15H2,1-5H3,(H,16,20)(H,17,19). The molecule has 2 amide bonds. The summed E-state index contributed by atoms with van der Waals surface area (Å²) in [4.78, 5) is 34.5. The van der Waals surface area contributed by atoms with Gasteiger partial charge in [-0.15, -0.1) is 0 Å². The molecule has 0 rings (SSSR count). The van der Waals surface area contributed by atoms with Crippen molar-refractivity contribution in [3.63, 3.8) is 0 Å².